The molecule has 2 heterocycles. The van der Waals surface area contributed by atoms with Crippen molar-refractivity contribution in [2.45, 2.75) is 27.2 Å². The highest BCUT2D eigenvalue weighted by atomic mass is 31.2. The number of rotatable bonds is 9. The number of hydrogen-bond acceptors (Lipinski definition) is 6. The lowest BCUT2D eigenvalue weighted by Crippen LogP contribution is -2.04. The molecule has 2 rings (SSSR count). The zero-order chi connectivity index (χ0) is 18.3. The van der Waals surface area contributed by atoms with E-state index in [4.69, 9.17) is 13.8 Å². The second-order valence-electron chi connectivity index (χ2n) is 5.06. The first kappa shape index (κ1) is 19.4. The van der Waals surface area contributed by atoms with Crippen LogP contribution in [0.5, 0.6) is 0 Å². The molecular weight excluding hydrogens is 343 g/mol. The van der Waals surface area contributed by atoms with Gasteiger partial charge in [-0.15, -0.1) is 0 Å². The molecule has 0 aliphatic carbocycles. The van der Waals surface area contributed by atoms with E-state index in [1.165, 1.54) is 5.82 Å². The molecule has 0 N–H and O–H groups in total. The third kappa shape index (κ3) is 5.01. The van der Waals surface area contributed by atoms with Crippen molar-refractivity contribution in [2.24, 2.45) is 0 Å². The Balaban J connectivity index is 2.22. The minimum absolute atomic E-state index is 0.257. The topological polar surface area (TPSA) is 79.1 Å². The molecule has 136 valence electrons. The first-order valence-electron chi connectivity index (χ1n) is 8.23. The Hall–Kier alpha value is -1.95. The van der Waals surface area contributed by atoms with Crippen LogP contribution < -0.4 is 0 Å². The largest absolute Gasteiger partial charge is 0.461 e. The molecule has 2 aromatic rings. The van der Waals surface area contributed by atoms with E-state index < -0.39 is 13.6 Å². The number of esters is 1. The lowest BCUT2D eigenvalue weighted by Gasteiger charge is -2.12. The van der Waals surface area contributed by atoms with E-state index in [-0.39, 0.29) is 5.69 Å². The first-order chi connectivity index (χ1) is 12.0. The summed E-state index contributed by atoms with van der Waals surface area (Å²) < 4.78 is 29.7. The quantitative estimate of drug-likeness (QED) is 0.496. The Morgan fingerprint density at radius 2 is 1.92 bits per heavy atom. The number of allylic oxidation sites excluding steroid dienone is 1. The minimum Gasteiger partial charge on any atom is -0.461 e. The summed E-state index contributed by atoms with van der Waals surface area (Å²) in [5.41, 5.74) is 1.79. The molecule has 0 amide bonds. The normalized spacial score (nSPS) is 12.1. The van der Waals surface area contributed by atoms with Crippen LogP contribution in [0.2, 0.25) is 0 Å². The van der Waals surface area contributed by atoms with E-state index in [9.17, 15) is 9.36 Å². The van der Waals surface area contributed by atoms with E-state index in [1.54, 1.807) is 39.1 Å². The number of imidazole rings is 1. The van der Waals surface area contributed by atoms with Crippen molar-refractivity contribution in [3.05, 3.63) is 47.7 Å². The summed E-state index contributed by atoms with van der Waals surface area (Å²) in [4.78, 5) is 16.1. The smallest absolute Gasteiger partial charge is 0.358 e. The number of aromatic nitrogens is 2. The van der Waals surface area contributed by atoms with Gasteiger partial charge in [-0.25, -0.2) is 9.78 Å². The second kappa shape index (κ2) is 8.94. The number of carbonyl (C=O) groups is 1. The van der Waals surface area contributed by atoms with E-state index >= 15 is 0 Å². The van der Waals surface area contributed by atoms with Crippen molar-refractivity contribution >= 4 is 19.2 Å². The Morgan fingerprint density at radius 1 is 1.20 bits per heavy atom. The molecule has 0 saturated carbocycles. The molecular formula is C17H23N2O5P. The van der Waals surface area contributed by atoms with Gasteiger partial charge in [0.2, 0.25) is 0 Å². The molecule has 2 aromatic heterocycles. The third-order valence-electron chi connectivity index (χ3n) is 3.29. The molecule has 0 unspecified atom stereocenters. The van der Waals surface area contributed by atoms with Crippen molar-refractivity contribution in [1.29, 1.82) is 0 Å². The van der Waals surface area contributed by atoms with Crippen molar-refractivity contribution in [1.82, 2.24) is 9.38 Å². The van der Waals surface area contributed by atoms with Gasteiger partial charge in [0.15, 0.2) is 5.69 Å². The average molecular weight is 366 g/mol. The van der Waals surface area contributed by atoms with Crippen LogP contribution in [0.4, 0.5) is 0 Å². The molecule has 8 heteroatoms. The van der Waals surface area contributed by atoms with Gasteiger partial charge in [-0.1, -0.05) is 12.1 Å². The molecule has 0 atom stereocenters. The van der Waals surface area contributed by atoms with Crippen LogP contribution in [0.1, 0.15) is 37.0 Å². The summed E-state index contributed by atoms with van der Waals surface area (Å²) in [5, 5.41) is 0. The summed E-state index contributed by atoms with van der Waals surface area (Å²) in [5.74, 6) is 1.02. The predicted molar refractivity (Wildman–Crippen MR) is 94.9 cm³/mol. The van der Waals surface area contributed by atoms with Crippen LogP contribution in [0.3, 0.4) is 0 Å². The Kier molecular flexibility index (Phi) is 6.93. The van der Waals surface area contributed by atoms with Crippen LogP contribution in [0.25, 0.3) is 5.65 Å². The van der Waals surface area contributed by atoms with Crippen LogP contribution in [0, 0.1) is 0 Å². The van der Waals surface area contributed by atoms with Crippen LogP contribution >= 0.6 is 7.60 Å². The number of nitrogens with zero attached hydrogens (tertiary/aromatic N) is 2. The molecule has 0 saturated heterocycles. The number of fused-ring (bicyclic) bond motifs is 1. The van der Waals surface area contributed by atoms with E-state index in [0.717, 1.165) is 5.69 Å². The van der Waals surface area contributed by atoms with Gasteiger partial charge >= 0.3 is 13.6 Å². The maximum atomic E-state index is 12.4. The average Bonchev–Trinajstić information content (AvgIpc) is 3.01. The molecule has 0 aliphatic heterocycles. The van der Waals surface area contributed by atoms with Crippen LogP contribution in [0.15, 0.2) is 36.3 Å². The lowest BCUT2D eigenvalue weighted by molar-refractivity contribution is 0.0520. The molecule has 0 aliphatic rings. The van der Waals surface area contributed by atoms with Gasteiger partial charge < -0.3 is 18.2 Å². The second-order valence-corrected chi connectivity index (χ2v) is 6.95. The number of pyridine rings is 1. The summed E-state index contributed by atoms with van der Waals surface area (Å²) in [6, 6.07) is 5.56. The maximum Gasteiger partial charge on any atom is 0.358 e. The molecule has 7 nitrogen and oxygen atoms in total. The van der Waals surface area contributed by atoms with E-state index in [1.807, 2.05) is 16.5 Å². The molecule has 25 heavy (non-hydrogen) atoms. The predicted octanol–water partition coefficient (Wildman–Crippen LogP) is 3.83. The van der Waals surface area contributed by atoms with Gasteiger partial charge in [-0.3, -0.25) is 4.57 Å². The Morgan fingerprint density at radius 3 is 2.56 bits per heavy atom. The summed E-state index contributed by atoms with van der Waals surface area (Å²) in [7, 11) is -3.22. The van der Waals surface area contributed by atoms with Crippen LogP contribution in [-0.4, -0.2) is 35.2 Å². The Labute approximate surface area is 147 Å². The van der Waals surface area contributed by atoms with Crippen molar-refractivity contribution in [3.8, 4) is 0 Å². The van der Waals surface area contributed by atoms with Gasteiger partial charge in [0.25, 0.3) is 0 Å². The lowest BCUT2D eigenvalue weighted by atomic mass is 10.2. The SMILES string of the molecule is CCOC(=O)c1cn2c(CC=CP(=O)(OCC)OCC)cccc2n1. The van der Waals surface area contributed by atoms with E-state index in [0.29, 0.717) is 31.9 Å². The number of ether oxygens (including phenoxy) is 1. The molecule has 0 radical (unpaired) electrons. The fourth-order valence-corrected chi connectivity index (χ4v) is 3.65. The number of carbonyl (C=O) groups excluding carboxylic acids is 1. The highest BCUT2D eigenvalue weighted by Crippen LogP contribution is 2.49. The minimum atomic E-state index is -3.22. The molecule has 0 spiro atoms. The van der Waals surface area contributed by atoms with Crippen molar-refractivity contribution in [2.75, 3.05) is 19.8 Å². The monoisotopic (exact) mass is 366 g/mol. The van der Waals surface area contributed by atoms with Gasteiger partial charge in [0, 0.05) is 24.1 Å². The fourth-order valence-electron chi connectivity index (χ4n) is 2.32. The highest BCUT2D eigenvalue weighted by Gasteiger charge is 2.18. The van der Waals surface area contributed by atoms with Crippen molar-refractivity contribution in [3.63, 3.8) is 0 Å². The summed E-state index contributed by atoms with van der Waals surface area (Å²) in [6.07, 6.45) is 3.87. The standard InChI is InChI=1S/C17H23N2O5P/c1-4-22-17(20)15-13-19-14(9-7-11-16(19)18-15)10-8-12-25(21,23-5-2)24-6-3/h7-9,11-13H,4-6,10H2,1-3H3. The molecule has 0 fully saturated rings. The zero-order valence-electron chi connectivity index (χ0n) is 14.7. The van der Waals surface area contributed by atoms with Gasteiger partial charge in [0.05, 0.1) is 19.8 Å². The first-order valence-corrected chi connectivity index (χ1v) is 9.84. The highest BCUT2D eigenvalue weighted by molar-refractivity contribution is 7.57. The van der Waals surface area contributed by atoms with Gasteiger partial charge in [0.1, 0.15) is 5.65 Å². The summed E-state index contributed by atoms with van der Waals surface area (Å²) in [6.45, 7) is 6.19. The van der Waals surface area contributed by atoms with Gasteiger partial charge in [-0.2, -0.15) is 0 Å². The zero-order valence-corrected chi connectivity index (χ0v) is 15.6. The molecule has 0 aromatic carbocycles. The Bertz CT molecular complexity index is 789. The van der Waals surface area contributed by atoms with E-state index in [2.05, 4.69) is 4.98 Å². The maximum absolute atomic E-state index is 12.4. The molecule has 0 bridgehead atoms. The van der Waals surface area contributed by atoms with Crippen molar-refractivity contribution < 1.29 is 23.1 Å². The number of hydrogen-bond donors (Lipinski definition) is 0. The van der Waals surface area contributed by atoms with Crippen LogP contribution in [-0.2, 0) is 24.8 Å². The third-order valence-corrected chi connectivity index (χ3v) is 5.11. The summed E-state index contributed by atoms with van der Waals surface area (Å²) >= 11 is 0. The fraction of sp³-hybridized carbons (Fsp3) is 0.412. The van der Waals surface area contributed by atoms with Gasteiger partial charge in [-0.05, 0) is 32.9 Å².